The van der Waals surface area contributed by atoms with Gasteiger partial charge in [-0.3, -0.25) is 4.90 Å². The molecular weight excluding hydrogens is 206 g/mol. The van der Waals surface area contributed by atoms with Gasteiger partial charge in [0.1, 0.15) is 5.84 Å². The molecule has 1 rings (SSSR count). The molecule has 1 aliphatic rings. The van der Waals surface area contributed by atoms with E-state index in [-0.39, 0.29) is 0 Å². The molecule has 16 heavy (non-hydrogen) atoms. The minimum Gasteiger partial charge on any atom is -0.409 e. The van der Waals surface area contributed by atoms with Crippen molar-refractivity contribution in [2.24, 2.45) is 10.9 Å². The van der Waals surface area contributed by atoms with Gasteiger partial charge in [0, 0.05) is 19.0 Å². The summed E-state index contributed by atoms with van der Waals surface area (Å²) < 4.78 is 5.63. The number of morpholine rings is 1. The zero-order chi connectivity index (χ0) is 12.0. The van der Waals surface area contributed by atoms with Crippen molar-refractivity contribution in [3.05, 3.63) is 0 Å². The van der Waals surface area contributed by atoms with Crippen molar-refractivity contribution in [2.75, 3.05) is 19.7 Å². The van der Waals surface area contributed by atoms with Gasteiger partial charge in [-0.2, -0.15) is 0 Å². The lowest BCUT2D eigenvalue weighted by atomic mass is 10.1. The number of amidine groups is 1. The zero-order valence-corrected chi connectivity index (χ0v) is 10.2. The highest BCUT2D eigenvalue weighted by Crippen LogP contribution is 2.14. The van der Waals surface area contributed by atoms with Crippen molar-refractivity contribution in [1.29, 1.82) is 0 Å². The Kier molecular flexibility index (Phi) is 5.55. The topological polar surface area (TPSA) is 71.1 Å². The lowest BCUT2D eigenvalue weighted by Gasteiger charge is -2.38. The van der Waals surface area contributed by atoms with Gasteiger partial charge in [-0.25, -0.2) is 0 Å². The van der Waals surface area contributed by atoms with Crippen LogP contribution >= 0.6 is 0 Å². The van der Waals surface area contributed by atoms with E-state index < -0.39 is 0 Å². The molecule has 1 fully saturated rings. The van der Waals surface area contributed by atoms with Gasteiger partial charge in [0.25, 0.3) is 0 Å². The summed E-state index contributed by atoms with van der Waals surface area (Å²) in [4.78, 5) is 2.44. The van der Waals surface area contributed by atoms with E-state index in [1.54, 1.807) is 0 Å². The van der Waals surface area contributed by atoms with Crippen LogP contribution in [0.25, 0.3) is 0 Å². The van der Waals surface area contributed by atoms with Crippen LogP contribution in [-0.2, 0) is 4.74 Å². The molecule has 2 atom stereocenters. The maximum absolute atomic E-state index is 8.44. The van der Waals surface area contributed by atoms with Gasteiger partial charge >= 0.3 is 0 Å². The second kappa shape index (κ2) is 6.70. The maximum atomic E-state index is 8.44. The summed E-state index contributed by atoms with van der Waals surface area (Å²) in [5.41, 5.74) is 5.44. The van der Waals surface area contributed by atoms with E-state index in [4.69, 9.17) is 15.7 Å². The summed E-state index contributed by atoms with van der Waals surface area (Å²) in [7, 11) is 0. The van der Waals surface area contributed by atoms with E-state index in [1.165, 1.54) is 0 Å². The second-order valence-corrected chi connectivity index (χ2v) is 4.40. The smallest absolute Gasteiger partial charge is 0.139 e. The average molecular weight is 229 g/mol. The number of hydrogen-bond acceptors (Lipinski definition) is 4. The molecule has 0 bridgehead atoms. The molecule has 0 radical (unpaired) electrons. The number of oxime groups is 1. The Bertz CT molecular complexity index is 233. The van der Waals surface area contributed by atoms with Crippen LogP contribution in [-0.4, -0.2) is 47.8 Å². The fraction of sp³-hybridized carbons (Fsp3) is 0.909. The van der Waals surface area contributed by atoms with Crippen LogP contribution in [0.1, 0.15) is 33.1 Å². The second-order valence-electron chi connectivity index (χ2n) is 4.40. The Hall–Kier alpha value is -0.810. The van der Waals surface area contributed by atoms with Gasteiger partial charge in [-0.15, -0.1) is 0 Å². The van der Waals surface area contributed by atoms with Crippen molar-refractivity contribution in [3.63, 3.8) is 0 Å². The summed E-state index contributed by atoms with van der Waals surface area (Å²) in [5, 5.41) is 11.4. The van der Waals surface area contributed by atoms with Crippen molar-refractivity contribution in [3.8, 4) is 0 Å². The first-order chi connectivity index (χ1) is 7.67. The quantitative estimate of drug-likeness (QED) is 0.319. The van der Waals surface area contributed by atoms with Crippen LogP contribution in [0.3, 0.4) is 0 Å². The predicted octanol–water partition coefficient (Wildman–Crippen LogP) is 1.01. The standard InChI is InChI=1S/C11H23N3O2/c1-3-10-8-16-9(2)7-14(10)6-4-5-11(12)13-15/h9-10,15H,3-8H2,1-2H3,(H2,12,13). The molecule has 0 aromatic rings. The first-order valence-electron chi connectivity index (χ1n) is 5.99. The molecular formula is C11H23N3O2. The Morgan fingerprint density at radius 3 is 3.00 bits per heavy atom. The van der Waals surface area contributed by atoms with E-state index in [1.807, 2.05) is 0 Å². The summed E-state index contributed by atoms with van der Waals surface area (Å²) >= 11 is 0. The molecule has 0 spiro atoms. The van der Waals surface area contributed by atoms with E-state index >= 15 is 0 Å². The van der Waals surface area contributed by atoms with Crippen molar-refractivity contribution < 1.29 is 9.94 Å². The van der Waals surface area contributed by atoms with Crippen molar-refractivity contribution >= 4 is 5.84 Å². The van der Waals surface area contributed by atoms with Crippen LogP contribution in [0.15, 0.2) is 5.16 Å². The van der Waals surface area contributed by atoms with Gasteiger partial charge in [-0.1, -0.05) is 12.1 Å². The molecule has 1 heterocycles. The minimum atomic E-state index is 0.312. The minimum absolute atomic E-state index is 0.312. The van der Waals surface area contributed by atoms with Crippen LogP contribution in [0.4, 0.5) is 0 Å². The van der Waals surface area contributed by atoms with E-state index in [0.29, 0.717) is 24.4 Å². The average Bonchev–Trinajstić information content (AvgIpc) is 2.29. The van der Waals surface area contributed by atoms with Crippen LogP contribution in [0.5, 0.6) is 0 Å². The Morgan fingerprint density at radius 2 is 2.38 bits per heavy atom. The Balaban J connectivity index is 2.32. The maximum Gasteiger partial charge on any atom is 0.139 e. The number of nitrogens with two attached hydrogens (primary N) is 1. The summed E-state index contributed by atoms with van der Waals surface area (Å²) in [5.74, 6) is 0.314. The van der Waals surface area contributed by atoms with Crippen LogP contribution in [0, 0.1) is 0 Å². The number of rotatable bonds is 5. The zero-order valence-electron chi connectivity index (χ0n) is 10.2. The van der Waals surface area contributed by atoms with Gasteiger partial charge in [0.15, 0.2) is 0 Å². The largest absolute Gasteiger partial charge is 0.409 e. The van der Waals surface area contributed by atoms with Gasteiger partial charge in [0.2, 0.25) is 0 Å². The normalized spacial score (nSPS) is 28.2. The highest BCUT2D eigenvalue weighted by atomic mass is 16.5. The molecule has 5 nitrogen and oxygen atoms in total. The third-order valence-corrected chi connectivity index (χ3v) is 3.06. The summed E-state index contributed by atoms with van der Waals surface area (Å²) in [6.45, 7) is 7.07. The molecule has 94 valence electrons. The molecule has 0 saturated carbocycles. The van der Waals surface area contributed by atoms with E-state index in [9.17, 15) is 0 Å². The van der Waals surface area contributed by atoms with Crippen molar-refractivity contribution in [2.45, 2.75) is 45.3 Å². The van der Waals surface area contributed by atoms with Crippen LogP contribution < -0.4 is 5.73 Å². The van der Waals surface area contributed by atoms with Crippen molar-refractivity contribution in [1.82, 2.24) is 4.90 Å². The lowest BCUT2D eigenvalue weighted by Crippen LogP contribution is -2.48. The molecule has 1 aliphatic heterocycles. The van der Waals surface area contributed by atoms with E-state index in [2.05, 4.69) is 23.9 Å². The monoisotopic (exact) mass is 229 g/mol. The van der Waals surface area contributed by atoms with E-state index in [0.717, 1.165) is 32.5 Å². The molecule has 5 heteroatoms. The SMILES string of the molecule is CCC1COC(C)CN1CCC/C(N)=N/O. The number of ether oxygens (including phenoxy) is 1. The predicted molar refractivity (Wildman–Crippen MR) is 63.7 cm³/mol. The highest BCUT2D eigenvalue weighted by molar-refractivity contribution is 5.79. The van der Waals surface area contributed by atoms with Gasteiger partial charge in [0.05, 0.1) is 12.7 Å². The summed E-state index contributed by atoms with van der Waals surface area (Å²) in [6, 6.07) is 0.517. The summed E-state index contributed by atoms with van der Waals surface area (Å²) in [6.07, 6.45) is 3.00. The first-order valence-corrected chi connectivity index (χ1v) is 5.99. The highest BCUT2D eigenvalue weighted by Gasteiger charge is 2.24. The molecule has 2 unspecified atom stereocenters. The molecule has 0 aromatic heterocycles. The molecule has 0 amide bonds. The fourth-order valence-corrected chi connectivity index (χ4v) is 2.08. The first kappa shape index (κ1) is 13.3. The molecule has 3 N–H and O–H groups in total. The molecule has 0 aromatic carbocycles. The third-order valence-electron chi connectivity index (χ3n) is 3.06. The number of nitrogens with zero attached hydrogens (tertiary/aromatic N) is 2. The lowest BCUT2D eigenvalue weighted by molar-refractivity contribution is -0.0557. The Morgan fingerprint density at radius 1 is 1.62 bits per heavy atom. The molecule has 0 aliphatic carbocycles. The van der Waals surface area contributed by atoms with Crippen LogP contribution in [0.2, 0.25) is 0 Å². The van der Waals surface area contributed by atoms with Gasteiger partial charge < -0.3 is 15.7 Å². The third kappa shape index (κ3) is 3.98. The fourth-order valence-electron chi connectivity index (χ4n) is 2.08. The number of hydrogen-bond donors (Lipinski definition) is 2. The molecule has 1 saturated heterocycles. The van der Waals surface area contributed by atoms with Gasteiger partial charge in [-0.05, 0) is 26.3 Å². The Labute approximate surface area is 97.2 Å².